The smallest absolute Gasteiger partial charge is 0.394 e. The number of aliphatic hydroxyl groups excluding tert-OH is 26. The molecule has 4 fully saturated rings. The van der Waals surface area contributed by atoms with Gasteiger partial charge in [0.15, 0.2) is 25.2 Å². The van der Waals surface area contributed by atoms with Crippen molar-refractivity contribution in [1.82, 2.24) is 0 Å². The summed E-state index contributed by atoms with van der Waals surface area (Å²) >= 11 is 0. The van der Waals surface area contributed by atoms with Crippen molar-refractivity contribution in [3.05, 3.63) is 0 Å². The molecule has 0 aromatic rings. The lowest BCUT2D eigenvalue weighted by Crippen LogP contribution is -2.64. The van der Waals surface area contributed by atoms with Crippen molar-refractivity contribution in [2.24, 2.45) is 0 Å². The van der Waals surface area contributed by atoms with Gasteiger partial charge in [-0.15, -0.1) is 0 Å². The third kappa shape index (κ3) is 22.9. The van der Waals surface area contributed by atoms with Gasteiger partial charge in [-0.2, -0.15) is 0 Å². The topological polar surface area (TPSA) is 808 Å². The summed E-state index contributed by atoms with van der Waals surface area (Å²) in [5.74, 6) is -7.04. The third-order valence-electron chi connectivity index (χ3n) is 14.7. The minimum atomic E-state index is -5.94. The fraction of sp³-hybridized carbons (Fsp3) is 1.00. The van der Waals surface area contributed by atoms with E-state index in [1.54, 1.807) is 0 Å². The molecule has 4 aliphatic rings. The molecule has 564 valence electrons. The van der Waals surface area contributed by atoms with Gasteiger partial charge in [0.05, 0.1) is 72.7 Å². The summed E-state index contributed by atoms with van der Waals surface area (Å²) < 4.78 is 109. The quantitative estimate of drug-likeness (QED) is 0.0200. The summed E-state index contributed by atoms with van der Waals surface area (Å²) in [7, 11) is -17.5. The lowest BCUT2D eigenvalue weighted by Gasteiger charge is -2.44. The Labute approximate surface area is 533 Å². The average molecular weight is 1480 g/mol. The van der Waals surface area contributed by atoms with Crippen LogP contribution in [0.1, 0.15) is 0 Å². The average Bonchev–Trinajstić information content (AvgIpc) is 0.815. The first-order valence-electron chi connectivity index (χ1n) is 27.9. The Morgan fingerprint density at radius 2 is 0.621 bits per heavy atom. The van der Waals surface area contributed by atoms with Crippen LogP contribution in [0.4, 0.5) is 0 Å². The summed E-state index contributed by atoms with van der Waals surface area (Å²) in [5, 5.41) is 290. The molecule has 0 aliphatic carbocycles. The second kappa shape index (κ2) is 37.4. The molecule has 35 atom stereocenters. The number of hydrogen-bond acceptors (Lipinski definition) is 45. The Bertz CT molecular complexity index is 2390. The molecule has 4 rings (SSSR count). The Kier molecular flexibility index (Phi) is 33.9. The molecule has 31 N–H and O–H groups in total. The fourth-order valence-corrected chi connectivity index (χ4v) is 11.1. The van der Waals surface area contributed by atoms with Gasteiger partial charge in [0.2, 0.25) is 11.6 Å². The minimum Gasteiger partial charge on any atom is -0.394 e. The van der Waals surface area contributed by atoms with Gasteiger partial charge >= 0.3 is 23.5 Å². The number of phosphoric ester groups is 3. The van der Waals surface area contributed by atoms with E-state index in [1.165, 1.54) is 0 Å². The second-order valence-corrected chi connectivity index (χ2v) is 26.1. The molecule has 4 heterocycles. The van der Waals surface area contributed by atoms with Gasteiger partial charge in [0, 0.05) is 0 Å². The van der Waals surface area contributed by atoms with Crippen LogP contribution in [0.2, 0.25) is 0 Å². The number of ether oxygens (including phenoxy) is 8. The zero-order chi connectivity index (χ0) is 72.2. The Morgan fingerprint density at radius 3 is 0.937 bits per heavy atom. The third-order valence-corrected chi connectivity index (χ3v) is 17.6. The largest absolute Gasteiger partial charge is 0.472 e. The molecule has 0 aromatic heterocycles. The highest BCUT2D eigenvalue weighted by Crippen LogP contribution is 2.47. The maximum Gasteiger partial charge on any atom is 0.472 e. The molecule has 0 amide bonds. The van der Waals surface area contributed by atoms with Crippen LogP contribution in [0.25, 0.3) is 0 Å². The normalized spacial score (nSPS) is 38.3. The van der Waals surface area contributed by atoms with Crippen LogP contribution in [-0.2, 0) is 78.7 Å². The fourth-order valence-electron chi connectivity index (χ4n) is 8.88. The van der Waals surface area contributed by atoms with Gasteiger partial charge in [-0.1, -0.05) is 0 Å². The highest BCUT2D eigenvalue weighted by atomic mass is 31.2. The van der Waals surface area contributed by atoms with E-state index in [0.29, 0.717) is 0 Å². The molecule has 0 aromatic carbocycles. The van der Waals surface area contributed by atoms with Crippen molar-refractivity contribution in [3.8, 4) is 0 Å². The van der Waals surface area contributed by atoms with E-state index in [-0.39, 0.29) is 0 Å². The molecule has 48 nitrogen and oxygen atoms in total. The van der Waals surface area contributed by atoms with E-state index in [2.05, 4.69) is 13.6 Å². The van der Waals surface area contributed by atoms with Crippen molar-refractivity contribution >= 4 is 23.5 Å². The van der Waals surface area contributed by atoms with Gasteiger partial charge in [-0.3, -0.25) is 27.1 Å². The van der Waals surface area contributed by atoms with Crippen LogP contribution in [0.5, 0.6) is 0 Å². The van der Waals surface area contributed by atoms with Crippen LogP contribution < -0.4 is 0 Å². The zero-order valence-corrected chi connectivity index (χ0v) is 51.6. The monoisotopic (exact) mass is 1470 g/mol. The molecular formula is C44H85O48P3. The predicted molar refractivity (Wildman–Crippen MR) is 284 cm³/mol. The van der Waals surface area contributed by atoms with Gasteiger partial charge in [0.1, 0.15) is 165 Å². The first-order chi connectivity index (χ1) is 44.0. The first kappa shape index (κ1) is 86.3. The van der Waals surface area contributed by atoms with E-state index < -0.39 is 298 Å². The molecular weight excluding hydrogens is 1390 g/mol. The first-order valence-corrected chi connectivity index (χ1v) is 32.4. The van der Waals surface area contributed by atoms with E-state index >= 15 is 0 Å². The SMILES string of the molecule is O=P(O)(OC[C@@H](O)[C@@H](O)[C@@H](COP(=O)(O)OC[C@@H](O)[C@@H](O)[C@@H](COP(=O)(O)OC[C@@](O)(O[C@@H]1O[C@H](CO)[C@@H](O)[C@H](O)[C@H]1O)[C@H](O)[C@H](O)CO)O[C@@H]1O[C@H](CO)[C@@H](O)[C@H](O)[C@H]1O)O[C@@H]1O[C@H](CO)[C@@H](O)[C@H](O)[C@H]1O)OC[C@@H](O)[C@@H](O)[C@@](O)(CO)O[C@@H]1O[C@H](CO)[C@@H](O)[C@H](O)[C@H]1O. The number of hydrogen-bond donors (Lipinski definition) is 31. The van der Waals surface area contributed by atoms with Gasteiger partial charge in [-0.25, -0.2) is 13.7 Å². The zero-order valence-electron chi connectivity index (χ0n) is 49.0. The summed E-state index contributed by atoms with van der Waals surface area (Å²) in [6, 6.07) is 0. The van der Waals surface area contributed by atoms with Crippen molar-refractivity contribution < 1.29 is 236 Å². The van der Waals surface area contributed by atoms with E-state index in [4.69, 9.17) is 51.5 Å². The van der Waals surface area contributed by atoms with E-state index in [9.17, 15) is 171 Å². The molecule has 95 heavy (non-hydrogen) atoms. The molecule has 0 bridgehead atoms. The van der Waals surface area contributed by atoms with Gasteiger partial charge in [0.25, 0.3) is 0 Å². The lowest BCUT2D eigenvalue weighted by molar-refractivity contribution is -0.389. The molecule has 0 spiro atoms. The van der Waals surface area contributed by atoms with Crippen molar-refractivity contribution in [1.29, 1.82) is 0 Å². The Morgan fingerprint density at radius 1 is 0.347 bits per heavy atom. The standard InChI is InChI=1S/C44H85O48P3/c45-1-13(51)37(69)44(72,92-42-36(68)32(64)28(60)20(5-49)88-42)12-84-95(77,78)83-10-22(90-40-34(66)30(62)26(58)18(3-47)86-40)24(56)15(53)7-80-94(75,76)82-9-21(89-39-33(65)29(61)25(57)17(2-46)85-39)23(55)14(52)6-79-93(73,74)81-8-16(54)38(70)43(71,11-50)91-41-35(67)31(63)27(59)19(4-48)87-41/h13-42,45-72H,1-12H2,(H,73,74)(H,75,76)(H,77,78)/t13-,14-,15-,16-,17-,18-,19-,20-,21-,22-,23-,24-,25-,26-,27-,28-,29+,30+,31+,32+,33-,34-,35-,36-,37-,38-,39+,40+,41+,42+,43-,44-/m1/s1. The molecule has 4 aliphatic heterocycles. The van der Waals surface area contributed by atoms with Crippen LogP contribution in [0, 0.1) is 0 Å². The van der Waals surface area contributed by atoms with Gasteiger partial charge < -0.3 is 196 Å². The number of aliphatic hydroxyl groups is 28. The maximum atomic E-state index is 13.4. The highest BCUT2D eigenvalue weighted by molar-refractivity contribution is 7.47. The molecule has 0 radical (unpaired) electrons. The molecule has 51 heteroatoms. The van der Waals surface area contributed by atoms with Crippen LogP contribution in [-0.4, -0.2) is 432 Å². The highest BCUT2D eigenvalue weighted by Gasteiger charge is 2.55. The maximum absolute atomic E-state index is 13.4. The summed E-state index contributed by atoms with van der Waals surface area (Å²) in [4.78, 5) is 31.8. The number of phosphoric acid groups is 3. The minimum absolute atomic E-state index is 1.01. The van der Waals surface area contributed by atoms with Crippen molar-refractivity contribution in [2.45, 2.75) is 195 Å². The summed E-state index contributed by atoms with van der Waals surface area (Å²) in [6.45, 7) is -17.4. The molecule has 0 saturated carbocycles. The van der Waals surface area contributed by atoms with Crippen molar-refractivity contribution in [2.75, 3.05) is 79.3 Å². The van der Waals surface area contributed by atoms with Crippen molar-refractivity contribution in [3.63, 3.8) is 0 Å². The second-order valence-electron chi connectivity index (χ2n) is 21.7. The molecule has 3 unspecified atom stereocenters. The number of rotatable bonds is 40. The lowest BCUT2D eigenvalue weighted by atomic mass is 9.99. The van der Waals surface area contributed by atoms with Gasteiger partial charge in [-0.05, 0) is 0 Å². The predicted octanol–water partition coefficient (Wildman–Crippen LogP) is -18.4. The van der Waals surface area contributed by atoms with E-state index in [1.807, 2.05) is 0 Å². The summed E-state index contributed by atoms with van der Waals surface area (Å²) in [6.07, 6.45) is -69.1. The Balaban J connectivity index is 1.50. The van der Waals surface area contributed by atoms with Crippen LogP contribution in [0.15, 0.2) is 0 Å². The van der Waals surface area contributed by atoms with Crippen LogP contribution >= 0.6 is 23.5 Å². The van der Waals surface area contributed by atoms with E-state index in [0.717, 1.165) is 0 Å². The summed E-state index contributed by atoms with van der Waals surface area (Å²) in [5.41, 5.74) is 0. The Hall–Kier alpha value is -1.11. The molecule has 4 saturated heterocycles. The van der Waals surface area contributed by atoms with Crippen LogP contribution in [0.3, 0.4) is 0 Å².